The van der Waals surface area contributed by atoms with Gasteiger partial charge in [0, 0.05) is 16.7 Å². The van der Waals surface area contributed by atoms with Gasteiger partial charge < -0.3 is 0 Å². The van der Waals surface area contributed by atoms with Crippen molar-refractivity contribution in [2.45, 2.75) is 0 Å². The number of carbonyl (C=O) groups is 1. The molecule has 0 aliphatic carbocycles. The molecule has 0 N–H and O–H groups in total. The van der Waals surface area contributed by atoms with Gasteiger partial charge in [-0.2, -0.15) is 0 Å². The Balaban J connectivity index is 2.75. The number of nitrogens with zero attached hydrogens (tertiary/aromatic N) is 3. The van der Waals surface area contributed by atoms with E-state index in [2.05, 4.69) is 10.0 Å². The normalized spacial score (nSPS) is 9.54. The van der Waals surface area contributed by atoms with Gasteiger partial charge >= 0.3 is 0 Å². The molecule has 0 saturated carbocycles. The van der Waals surface area contributed by atoms with E-state index in [0.29, 0.717) is 5.56 Å². The van der Waals surface area contributed by atoms with Gasteiger partial charge in [0.25, 0.3) is 0 Å². The molecule has 1 aromatic rings. The van der Waals surface area contributed by atoms with E-state index in [1.165, 1.54) is 6.08 Å². The highest BCUT2D eigenvalue weighted by Gasteiger charge is 1.97. The minimum absolute atomic E-state index is 0.173. The first kappa shape index (κ1) is 9.03. The SMILES string of the molecule is [N-]=[N+]=NC=CC(=O)c1ccccc1. The molecular weight excluding hydrogens is 166 g/mol. The third kappa shape index (κ3) is 2.81. The molecule has 0 saturated heterocycles. The molecule has 64 valence electrons. The molecule has 0 fully saturated rings. The van der Waals surface area contributed by atoms with Crippen LogP contribution in [0.2, 0.25) is 0 Å². The van der Waals surface area contributed by atoms with Crippen LogP contribution in [0.4, 0.5) is 0 Å². The third-order valence-corrected chi connectivity index (χ3v) is 1.40. The highest BCUT2D eigenvalue weighted by Crippen LogP contribution is 2.00. The molecule has 0 unspecified atom stereocenters. The van der Waals surface area contributed by atoms with E-state index in [9.17, 15) is 4.79 Å². The van der Waals surface area contributed by atoms with Gasteiger partial charge in [-0.3, -0.25) is 4.79 Å². The summed E-state index contributed by atoms with van der Waals surface area (Å²) in [5.74, 6) is -0.173. The molecular formula is C9H7N3O. The maximum atomic E-state index is 11.2. The second-order valence-corrected chi connectivity index (χ2v) is 2.25. The van der Waals surface area contributed by atoms with Crippen molar-refractivity contribution in [2.75, 3.05) is 0 Å². The van der Waals surface area contributed by atoms with Gasteiger partial charge in [-0.1, -0.05) is 35.4 Å². The number of azide groups is 1. The molecule has 0 bridgehead atoms. The van der Waals surface area contributed by atoms with Gasteiger partial charge in [0.05, 0.1) is 0 Å². The van der Waals surface area contributed by atoms with Crippen LogP contribution >= 0.6 is 0 Å². The highest BCUT2D eigenvalue weighted by atomic mass is 16.1. The topological polar surface area (TPSA) is 65.8 Å². The second kappa shape index (κ2) is 4.74. The number of hydrogen-bond donors (Lipinski definition) is 0. The number of ketones is 1. The molecule has 4 heteroatoms. The van der Waals surface area contributed by atoms with E-state index in [1.54, 1.807) is 24.3 Å². The summed E-state index contributed by atoms with van der Waals surface area (Å²) in [5.41, 5.74) is 8.52. The van der Waals surface area contributed by atoms with Crippen LogP contribution in [0.3, 0.4) is 0 Å². The Morgan fingerprint density at radius 2 is 2.08 bits per heavy atom. The first-order chi connectivity index (χ1) is 6.34. The van der Waals surface area contributed by atoms with Crippen LogP contribution in [0.5, 0.6) is 0 Å². The number of benzene rings is 1. The quantitative estimate of drug-likeness (QED) is 0.228. The molecule has 0 aliphatic rings. The summed E-state index contributed by atoms with van der Waals surface area (Å²) in [4.78, 5) is 13.7. The fraction of sp³-hybridized carbons (Fsp3) is 0. The zero-order valence-corrected chi connectivity index (χ0v) is 6.79. The van der Waals surface area contributed by atoms with Crippen molar-refractivity contribution in [1.82, 2.24) is 0 Å². The standard InChI is InChI=1S/C9H7N3O/c10-12-11-7-6-9(13)8-4-2-1-3-5-8/h1-7H. The smallest absolute Gasteiger partial charge is 0.185 e. The van der Waals surface area contributed by atoms with Gasteiger partial charge in [-0.05, 0) is 11.6 Å². The lowest BCUT2D eigenvalue weighted by Gasteiger charge is -1.91. The minimum atomic E-state index is -0.173. The average molecular weight is 173 g/mol. The third-order valence-electron chi connectivity index (χ3n) is 1.40. The van der Waals surface area contributed by atoms with Crippen LogP contribution in [-0.2, 0) is 0 Å². The monoisotopic (exact) mass is 173 g/mol. The first-order valence-corrected chi connectivity index (χ1v) is 3.65. The van der Waals surface area contributed by atoms with Crippen LogP contribution in [-0.4, -0.2) is 5.78 Å². The van der Waals surface area contributed by atoms with Crippen LogP contribution in [0.15, 0.2) is 47.7 Å². The van der Waals surface area contributed by atoms with Crippen molar-refractivity contribution in [3.63, 3.8) is 0 Å². The van der Waals surface area contributed by atoms with Crippen molar-refractivity contribution < 1.29 is 4.79 Å². The Morgan fingerprint density at radius 1 is 1.38 bits per heavy atom. The summed E-state index contributed by atoms with van der Waals surface area (Å²) in [6, 6.07) is 8.77. The molecule has 0 radical (unpaired) electrons. The second-order valence-electron chi connectivity index (χ2n) is 2.25. The lowest BCUT2D eigenvalue weighted by molar-refractivity contribution is 0.104. The van der Waals surface area contributed by atoms with E-state index < -0.39 is 0 Å². The van der Waals surface area contributed by atoms with Gasteiger partial charge in [-0.25, -0.2) is 0 Å². The number of hydrogen-bond acceptors (Lipinski definition) is 2. The van der Waals surface area contributed by atoms with Crippen LogP contribution < -0.4 is 0 Å². The Hall–Kier alpha value is -2.06. The first-order valence-electron chi connectivity index (χ1n) is 3.65. The molecule has 1 rings (SSSR count). The summed E-state index contributed by atoms with van der Waals surface area (Å²) in [7, 11) is 0. The van der Waals surface area contributed by atoms with Crippen molar-refractivity contribution in [3.8, 4) is 0 Å². The van der Waals surface area contributed by atoms with E-state index >= 15 is 0 Å². The van der Waals surface area contributed by atoms with E-state index in [4.69, 9.17) is 5.53 Å². The minimum Gasteiger partial charge on any atom is -0.289 e. The van der Waals surface area contributed by atoms with Gasteiger partial charge in [0.2, 0.25) is 0 Å². The molecule has 0 amide bonds. The fourth-order valence-electron chi connectivity index (χ4n) is 0.829. The fourth-order valence-corrected chi connectivity index (χ4v) is 0.829. The van der Waals surface area contributed by atoms with Crippen molar-refractivity contribution in [2.24, 2.45) is 5.11 Å². The van der Waals surface area contributed by atoms with Crippen LogP contribution in [0.25, 0.3) is 10.4 Å². The molecule has 0 spiro atoms. The van der Waals surface area contributed by atoms with Crippen molar-refractivity contribution in [3.05, 3.63) is 58.6 Å². The van der Waals surface area contributed by atoms with E-state index in [1.807, 2.05) is 6.07 Å². The number of rotatable bonds is 3. The van der Waals surface area contributed by atoms with Crippen molar-refractivity contribution in [1.29, 1.82) is 0 Å². The number of allylic oxidation sites excluding steroid dienone is 1. The summed E-state index contributed by atoms with van der Waals surface area (Å²) < 4.78 is 0. The van der Waals surface area contributed by atoms with Crippen LogP contribution in [0, 0.1) is 0 Å². The average Bonchev–Trinajstić information content (AvgIpc) is 2.19. The number of carbonyl (C=O) groups excluding carboxylic acids is 1. The van der Waals surface area contributed by atoms with Gasteiger partial charge in [-0.15, -0.1) is 0 Å². The van der Waals surface area contributed by atoms with Crippen LogP contribution in [0.1, 0.15) is 10.4 Å². The predicted octanol–water partition coefficient (Wildman–Crippen LogP) is 2.69. The summed E-state index contributed by atoms with van der Waals surface area (Å²) in [6.07, 6.45) is 2.37. The van der Waals surface area contributed by atoms with Gasteiger partial charge in [0.1, 0.15) is 0 Å². The van der Waals surface area contributed by atoms with E-state index in [0.717, 1.165) is 6.20 Å². The zero-order chi connectivity index (χ0) is 9.52. The highest BCUT2D eigenvalue weighted by molar-refractivity contribution is 6.04. The Labute approximate surface area is 75.1 Å². The Kier molecular flexibility index (Phi) is 3.30. The summed E-state index contributed by atoms with van der Waals surface area (Å²) >= 11 is 0. The lowest BCUT2D eigenvalue weighted by Crippen LogP contribution is -1.91. The molecule has 1 aromatic carbocycles. The summed E-state index contributed by atoms with van der Waals surface area (Å²) in [6.45, 7) is 0. The van der Waals surface area contributed by atoms with E-state index in [-0.39, 0.29) is 5.78 Å². The lowest BCUT2D eigenvalue weighted by atomic mass is 10.1. The molecule has 0 aromatic heterocycles. The Morgan fingerprint density at radius 3 is 2.69 bits per heavy atom. The maximum Gasteiger partial charge on any atom is 0.185 e. The Bertz CT molecular complexity index is 364. The molecule has 4 nitrogen and oxygen atoms in total. The molecule has 0 heterocycles. The zero-order valence-electron chi connectivity index (χ0n) is 6.79. The maximum absolute atomic E-state index is 11.2. The van der Waals surface area contributed by atoms with Crippen molar-refractivity contribution >= 4 is 5.78 Å². The molecule has 0 aliphatic heterocycles. The molecule has 0 atom stereocenters. The summed E-state index contributed by atoms with van der Waals surface area (Å²) in [5, 5.41) is 3.12. The molecule has 13 heavy (non-hydrogen) atoms. The van der Waals surface area contributed by atoms with Gasteiger partial charge in [0.15, 0.2) is 5.78 Å². The predicted molar refractivity (Wildman–Crippen MR) is 49.1 cm³/mol. The largest absolute Gasteiger partial charge is 0.289 e.